The molecule has 2 heteroatoms. The SMILES string of the molecule is Cc1ccc(CCNC2CCCNCC2)cc1. The standard InChI is InChI=1S/C15H24N2/c1-13-4-6-14(7-5-13)8-12-17-15-3-2-10-16-11-9-15/h4-7,15-17H,2-3,8-12H2,1H3. The van der Waals surface area contributed by atoms with Crippen molar-refractivity contribution < 1.29 is 0 Å². The monoisotopic (exact) mass is 232 g/mol. The van der Waals surface area contributed by atoms with Crippen LogP contribution in [0.15, 0.2) is 24.3 Å². The maximum atomic E-state index is 3.68. The molecule has 94 valence electrons. The first-order chi connectivity index (χ1) is 8.34. The van der Waals surface area contributed by atoms with Gasteiger partial charge in [0.25, 0.3) is 0 Å². The van der Waals surface area contributed by atoms with Crippen molar-refractivity contribution in [2.75, 3.05) is 19.6 Å². The molecule has 1 unspecified atom stereocenters. The van der Waals surface area contributed by atoms with Crippen molar-refractivity contribution in [1.29, 1.82) is 0 Å². The van der Waals surface area contributed by atoms with E-state index in [1.54, 1.807) is 0 Å². The summed E-state index contributed by atoms with van der Waals surface area (Å²) in [6.45, 7) is 5.60. The average Bonchev–Trinajstić information content (AvgIpc) is 2.60. The molecule has 2 N–H and O–H groups in total. The zero-order valence-electron chi connectivity index (χ0n) is 10.8. The van der Waals surface area contributed by atoms with E-state index in [0.29, 0.717) is 0 Å². The van der Waals surface area contributed by atoms with Gasteiger partial charge in [0.1, 0.15) is 0 Å². The lowest BCUT2D eigenvalue weighted by Gasteiger charge is -2.15. The predicted octanol–water partition coefficient (Wildman–Crippen LogP) is 2.27. The molecule has 1 atom stereocenters. The molecule has 0 saturated carbocycles. The summed E-state index contributed by atoms with van der Waals surface area (Å²) < 4.78 is 0. The first-order valence-corrected chi connectivity index (χ1v) is 6.84. The average molecular weight is 232 g/mol. The fourth-order valence-corrected chi connectivity index (χ4v) is 2.40. The molecule has 0 bridgehead atoms. The van der Waals surface area contributed by atoms with Crippen LogP contribution >= 0.6 is 0 Å². The largest absolute Gasteiger partial charge is 0.317 e. The molecule has 1 aromatic rings. The second-order valence-electron chi connectivity index (χ2n) is 5.07. The third-order valence-corrected chi connectivity index (χ3v) is 3.54. The molecule has 1 aliphatic rings. The number of hydrogen-bond acceptors (Lipinski definition) is 2. The van der Waals surface area contributed by atoms with Crippen LogP contribution in [0.4, 0.5) is 0 Å². The first-order valence-electron chi connectivity index (χ1n) is 6.84. The van der Waals surface area contributed by atoms with Crippen molar-refractivity contribution in [3.8, 4) is 0 Å². The summed E-state index contributed by atoms with van der Waals surface area (Å²) in [5, 5.41) is 7.14. The summed E-state index contributed by atoms with van der Waals surface area (Å²) in [6, 6.07) is 9.60. The Kier molecular flexibility index (Phi) is 5.02. The Morgan fingerprint density at radius 2 is 2.00 bits per heavy atom. The molecule has 0 amide bonds. The van der Waals surface area contributed by atoms with Crippen LogP contribution in [0.2, 0.25) is 0 Å². The molecule has 17 heavy (non-hydrogen) atoms. The number of benzene rings is 1. The smallest absolute Gasteiger partial charge is 0.00797 e. The number of rotatable bonds is 4. The quantitative estimate of drug-likeness (QED) is 0.832. The number of aryl methyl sites for hydroxylation is 1. The Bertz CT molecular complexity index is 310. The summed E-state index contributed by atoms with van der Waals surface area (Å²) in [7, 11) is 0. The third kappa shape index (κ3) is 4.49. The maximum absolute atomic E-state index is 3.68. The Balaban J connectivity index is 1.69. The molecule has 1 aromatic carbocycles. The molecule has 0 aliphatic carbocycles. The van der Waals surface area contributed by atoms with E-state index < -0.39 is 0 Å². The molecule has 1 heterocycles. The molecule has 2 nitrogen and oxygen atoms in total. The Labute approximate surface area is 105 Å². The topological polar surface area (TPSA) is 24.1 Å². The van der Waals surface area contributed by atoms with Crippen molar-refractivity contribution in [3.05, 3.63) is 35.4 Å². The van der Waals surface area contributed by atoms with Crippen LogP contribution in [0.5, 0.6) is 0 Å². The minimum absolute atomic E-state index is 0.718. The molecular formula is C15H24N2. The zero-order valence-corrected chi connectivity index (χ0v) is 10.8. The van der Waals surface area contributed by atoms with Crippen LogP contribution in [-0.4, -0.2) is 25.7 Å². The summed E-state index contributed by atoms with van der Waals surface area (Å²) in [5.74, 6) is 0. The minimum Gasteiger partial charge on any atom is -0.317 e. The molecular weight excluding hydrogens is 208 g/mol. The highest BCUT2D eigenvalue weighted by atomic mass is 14.9. The van der Waals surface area contributed by atoms with Crippen LogP contribution in [-0.2, 0) is 6.42 Å². The fraction of sp³-hybridized carbons (Fsp3) is 0.600. The van der Waals surface area contributed by atoms with Crippen LogP contribution in [0.25, 0.3) is 0 Å². The lowest BCUT2D eigenvalue weighted by molar-refractivity contribution is 0.472. The van der Waals surface area contributed by atoms with Gasteiger partial charge in [0.05, 0.1) is 0 Å². The van der Waals surface area contributed by atoms with E-state index in [1.165, 1.54) is 43.5 Å². The van der Waals surface area contributed by atoms with Gasteiger partial charge in [0.2, 0.25) is 0 Å². The highest BCUT2D eigenvalue weighted by molar-refractivity contribution is 5.21. The van der Waals surface area contributed by atoms with Crippen molar-refractivity contribution >= 4 is 0 Å². The first kappa shape index (κ1) is 12.6. The second kappa shape index (κ2) is 6.77. The highest BCUT2D eigenvalue weighted by Crippen LogP contribution is 2.06. The van der Waals surface area contributed by atoms with Crippen molar-refractivity contribution in [3.63, 3.8) is 0 Å². The maximum Gasteiger partial charge on any atom is 0.00797 e. The van der Waals surface area contributed by atoms with Gasteiger partial charge in [0, 0.05) is 6.04 Å². The van der Waals surface area contributed by atoms with E-state index in [4.69, 9.17) is 0 Å². The van der Waals surface area contributed by atoms with Gasteiger partial charge in [-0.3, -0.25) is 0 Å². The minimum atomic E-state index is 0.718. The van der Waals surface area contributed by atoms with Gasteiger partial charge in [-0.15, -0.1) is 0 Å². The van der Waals surface area contributed by atoms with Gasteiger partial charge in [0.15, 0.2) is 0 Å². The van der Waals surface area contributed by atoms with Crippen molar-refractivity contribution in [2.24, 2.45) is 0 Å². The fourth-order valence-electron chi connectivity index (χ4n) is 2.40. The Morgan fingerprint density at radius 3 is 2.82 bits per heavy atom. The van der Waals surface area contributed by atoms with Crippen LogP contribution in [0, 0.1) is 6.92 Å². The van der Waals surface area contributed by atoms with Gasteiger partial charge < -0.3 is 10.6 Å². The van der Waals surface area contributed by atoms with E-state index in [-0.39, 0.29) is 0 Å². The lowest BCUT2D eigenvalue weighted by atomic mass is 10.1. The molecule has 1 saturated heterocycles. The normalized spacial score (nSPS) is 21.1. The van der Waals surface area contributed by atoms with Crippen molar-refractivity contribution in [2.45, 2.75) is 38.6 Å². The van der Waals surface area contributed by atoms with Crippen LogP contribution in [0.3, 0.4) is 0 Å². The summed E-state index contributed by atoms with van der Waals surface area (Å²) in [4.78, 5) is 0. The van der Waals surface area contributed by atoms with Gasteiger partial charge >= 0.3 is 0 Å². The van der Waals surface area contributed by atoms with E-state index >= 15 is 0 Å². The lowest BCUT2D eigenvalue weighted by Crippen LogP contribution is -2.31. The number of nitrogens with one attached hydrogen (secondary N) is 2. The highest BCUT2D eigenvalue weighted by Gasteiger charge is 2.10. The van der Waals surface area contributed by atoms with Gasteiger partial charge in [-0.05, 0) is 57.8 Å². The predicted molar refractivity (Wildman–Crippen MR) is 73.4 cm³/mol. The Hall–Kier alpha value is -0.860. The molecule has 0 aromatic heterocycles. The van der Waals surface area contributed by atoms with E-state index in [1.807, 2.05) is 0 Å². The van der Waals surface area contributed by atoms with Gasteiger partial charge in [-0.25, -0.2) is 0 Å². The summed E-state index contributed by atoms with van der Waals surface area (Å²) in [5.41, 5.74) is 2.78. The van der Waals surface area contributed by atoms with E-state index in [0.717, 1.165) is 19.0 Å². The molecule has 1 aliphatic heterocycles. The van der Waals surface area contributed by atoms with Crippen LogP contribution in [0.1, 0.15) is 30.4 Å². The zero-order chi connectivity index (χ0) is 11.9. The third-order valence-electron chi connectivity index (χ3n) is 3.54. The van der Waals surface area contributed by atoms with E-state index in [2.05, 4.69) is 41.8 Å². The molecule has 0 radical (unpaired) electrons. The second-order valence-corrected chi connectivity index (χ2v) is 5.07. The Morgan fingerprint density at radius 1 is 1.18 bits per heavy atom. The summed E-state index contributed by atoms with van der Waals surface area (Å²) in [6.07, 6.45) is 5.04. The van der Waals surface area contributed by atoms with Gasteiger partial charge in [-0.1, -0.05) is 29.8 Å². The number of hydrogen-bond donors (Lipinski definition) is 2. The van der Waals surface area contributed by atoms with Crippen molar-refractivity contribution in [1.82, 2.24) is 10.6 Å². The molecule has 0 spiro atoms. The molecule has 2 rings (SSSR count). The van der Waals surface area contributed by atoms with E-state index in [9.17, 15) is 0 Å². The molecule has 1 fully saturated rings. The van der Waals surface area contributed by atoms with Gasteiger partial charge in [-0.2, -0.15) is 0 Å². The summed E-state index contributed by atoms with van der Waals surface area (Å²) >= 11 is 0. The van der Waals surface area contributed by atoms with Crippen LogP contribution < -0.4 is 10.6 Å².